The fourth-order valence-corrected chi connectivity index (χ4v) is 8.59. The van der Waals surface area contributed by atoms with E-state index in [1.807, 2.05) is 29.5 Å². The van der Waals surface area contributed by atoms with Gasteiger partial charge in [0.1, 0.15) is 0 Å². The predicted octanol–water partition coefficient (Wildman–Crippen LogP) is 9.44. The smallest absolute Gasteiger partial charge is 0.164 e. The van der Waals surface area contributed by atoms with Gasteiger partial charge in [-0.1, -0.05) is 121 Å². The van der Waals surface area contributed by atoms with E-state index in [9.17, 15) is 0 Å². The molecule has 0 radical (unpaired) electrons. The minimum absolute atomic E-state index is 0.684. The molecule has 5 heteroatoms. The van der Waals surface area contributed by atoms with Crippen molar-refractivity contribution in [3.8, 4) is 28.5 Å². The molecule has 6 aromatic carbocycles. The second-order valence-electron chi connectivity index (χ2n) is 12.3. The highest BCUT2D eigenvalue weighted by atomic mass is 32.1. The maximum absolute atomic E-state index is 5.29. The van der Waals surface area contributed by atoms with Crippen LogP contribution in [0.4, 0.5) is 0 Å². The van der Waals surface area contributed by atoms with Gasteiger partial charge >= 0.3 is 0 Å². The molecule has 1 aliphatic rings. The number of aromatic nitrogens is 4. The lowest BCUT2D eigenvalue weighted by atomic mass is 10.0. The van der Waals surface area contributed by atoms with E-state index >= 15 is 0 Å². The van der Waals surface area contributed by atoms with E-state index in [1.165, 1.54) is 47.1 Å². The highest BCUT2D eigenvalue weighted by Crippen LogP contribution is 2.40. The molecule has 9 aromatic rings. The fraction of sp³-hybridized carbons (Fsp3) is 0.0465. The van der Waals surface area contributed by atoms with Crippen molar-refractivity contribution < 1.29 is 0 Å². The first-order valence-electron chi connectivity index (χ1n) is 16.3. The summed E-state index contributed by atoms with van der Waals surface area (Å²) in [7, 11) is 0. The van der Waals surface area contributed by atoms with E-state index in [-0.39, 0.29) is 0 Å². The van der Waals surface area contributed by atoms with Crippen LogP contribution in [0.15, 0.2) is 140 Å². The number of rotatable bonds is 4. The Hall–Kier alpha value is -5.91. The van der Waals surface area contributed by atoms with Crippen molar-refractivity contribution in [2.24, 2.45) is 0 Å². The van der Waals surface area contributed by atoms with E-state index in [1.54, 1.807) is 0 Å². The van der Waals surface area contributed by atoms with Gasteiger partial charge in [0.25, 0.3) is 0 Å². The monoisotopic (exact) mass is 632 g/mol. The van der Waals surface area contributed by atoms with Crippen molar-refractivity contribution >= 4 is 64.8 Å². The summed E-state index contributed by atoms with van der Waals surface area (Å²) >= 11 is 1.84. The van der Waals surface area contributed by atoms with E-state index in [2.05, 4.69) is 132 Å². The highest BCUT2D eigenvalue weighted by Gasteiger charge is 2.21. The van der Waals surface area contributed by atoms with Gasteiger partial charge in [-0.25, -0.2) is 15.0 Å². The summed E-state index contributed by atoms with van der Waals surface area (Å²) in [6, 6.07) is 49.4. The van der Waals surface area contributed by atoms with E-state index < -0.39 is 0 Å². The summed E-state index contributed by atoms with van der Waals surface area (Å²) in [5, 5.41) is 8.76. The van der Waals surface area contributed by atoms with Gasteiger partial charge in [-0.3, -0.25) is 0 Å². The molecule has 226 valence electrons. The molecule has 0 aliphatic heterocycles. The third-order valence-corrected chi connectivity index (χ3v) is 10.7. The van der Waals surface area contributed by atoms with Gasteiger partial charge in [0.15, 0.2) is 17.5 Å². The molecule has 0 fully saturated rings. The van der Waals surface area contributed by atoms with Crippen LogP contribution < -0.4 is 10.6 Å². The molecule has 10 rings (SSSR count). The first kappa shape index (κ1) is 27.2. The SMILES string of the molecule is C1=c2c(n(-c3ccccc3)c3ccccc23)=C(c2nc(-c3ccccc3)nc(-c3ccc4c(c3)sc3c5ccccc5ccc43)n2)CC1. The number of hydrogen-bond donors (Lipinski definition) is 0. The topological polar surface area (TPSA) is 43.6 Å². The Labute approximate surface area is 280 Å². The quantitative estimate of drug-likeness (QED) is 0.194. The number of hydrogen-bond acceptors (Lipinski definition) is 4. The molecular weight excluding hydrogens is 605 g/mol. The predicted molar refractivity (Wildman–Crippen MR) is 200 cm³/mol. The largest absolute Gasteiger partial charge is 0.309 e. The zero-order valence-electron chi connectivity index (χ0n) is 26.0. The molecule has 0 atom stereocenters. The molecule has 0 saturated heterocycles. The Kier molecular flexibility index (Phi) is 6.14. The molecule has 4 nitrogen and oxygen atoms in total. The maximum atomic E-state index is 5.29. The molecule has 0 unspecified atom stereocenters. The number of fused-ring (bicyclic) bond motifs is 8. The summed E-state index contributed by atoms with van der Waals surface area (Å²) in [5.74, 6) is 2.11. The zero-order chi connectivity index (χ0) is 31.6. The van der Waals surface area contributed by atoms with Crippen molar-refractivity contribution in [2.75, 3.05) is 0 Å². The van der Waals surface area contributed by atoms with Crippen molar-refractivity contribution in [3.63, 3.8) is 0 Å². The second-order valence-corrected chi connectivity index (χ2v) is 13.4. The van der Waals surface area contributed by atoms with Gasteiger partial charge in [0.05, 0.1) is 10.9 Å². The number of thiophene rings is 1. The summed E-state index contributed by atoms with van der Waals surface area (Å²) in [6.07, 6.45) is 4.14. The molecule has 0 spiro atoms. The summed E-state index contributed by atoms with van der Waals surface area (Å²) in [4.78, 5) is 15.6. The molecule has 0 bridgehead atoms. The molecule has 3 aromatic heterocycles. The first-order chi connectivity index (χ1) is 23.8. The summed E-state index contributed by atoms with van der Waals surface area (Å²) in [5.41, 5.74) is 5.42. The Balaban J connectivity index is 1.25. The lowest BCUT2D eigenvalue weighted by molar-refractivity contribution is 0.951. The minimum Gasteiger partial charge on any atom is -0.309 e. The normalized spacial score (nSPS) is 13.0. The molecule has 0 amide bonds. The van der Waals surface area contributed by atoms with Gasteiger partial charge < -0.3 is 4.57 Å². The van der Waals surface area contributed by atoms with Gasteiger partial charge in [-0.15, -0.1) is 11.3 Å². The van der Waals surface area contributed by atoms with Crippen LogP contribution in [0.25, 0.3) is 82.0 Å². The van der Waals surface area contributed by atoms with Crippen LogP contribution in [0.3, 0.4) is 0 Å². The van der Waals surface area contributed by atoms with Crippen molar-refractivity contribution in [1.29, 1.82) is 0 Å². The van der Waals surface area contributed by atoms with Crippen LogP contribution in [-0.4, -0.2) is 19.5 Å². The zero-order valence-corrected chi connectivity index (χ0v) is 26.8. The minimum atomic E-state index is 0.684. The Morgan fingerprint density at radius 1 is 0.542 bits per heavy atom. The van der Waals surface area contributed by atoms with Crippen molar-refractivity contribution in [3.05, 3.63) is 156 Å². The Morgan fingerprint density at radius 3 is 2.08 bits per heavy atom. The average Bonchev–Trinajstić information content (AvgIpc) is 3.71. The summed E-state index contributed by atoms with van der Waals surface area (Å²) in [6.45, 7) is 0. The van der Waals surface area contributed by atoms with Gasteiger partial charge in [0.2, 0.25) is 0 Å². The van der Waals surface area contributed by atoms with E-state index in [0.29, 0.717) is 11.6 Å². The van der Waals surface area contributed by atoms with Crippen LogP contribution in [0, 0.1) is 0 Å². The van der Waals surface area contributed by atoms with Gasteiger partial charge in [-0.2, -0.15) is 0 Å². The lowest BCUT2D eigenvalue weighted by Gasteiger charge is -2.14. The second kappa shape index (κ2) is 10.8. The third-order valence-electron chi connectivity index (χ3n) is 9.52. The van der Waals surface area contributed by atoms with E-state index in [4.69, 9.17) is 15.0 Å². The van der Waals surface area contributed by atoms with Crippen molar-refractivity contribution in [2.45, 2.75) is 12.8 Å². The molecule has 48 heavy (non-hydrogen) atoms. The van der Waals surface area contributed by atoms with Gasteiger partial charge in [0, 0.05) is 53.2 Å². The molecule has 0 saturated carbocycles. The van der Waals surface area contributed by atoms with Crippen LogP contribution in [-0.2, 0) is 0 Å². The van der Waals surface area contributed by atoms with Crippen LogP contribution in [0.5, 0.6) is 0 Å². The molecule has 0 N–H and O–H groups in total. The Bertz CT molecular complexity index is 2830. The van der Waals surface area contributed by atoms with Gasteiger partial charge in [-0.05, 0) is 47.9 Å². The number of para-hydroxylation sites is 2. The van der Waals surface area contributed by atoms with E-state index in [0.717, 1.165) is 46.4 Å². The number of nitrogens with zero attached hydrogens (tertiary/aromatic N) is 4. The maximum Gasteiger partial charge on any atom is 0.164 e. The molecule has 1 aliphatic carbocycles. The van der Waals surface area contributed by atoms with Crippen LogP contribution in [0.2, 0.25) is 0 Å². The summed E-state index contributed by atoms with van der Waals surface area (Å²) < 4.78 is 4.93. The molecular formula is C43H28N4S. The average molecular weight is 633 g/mol. The Morgan fingerprint density at radius 2 is 1.23 bits per heavy atom. The standard InChI is InChI=1S/C43H28N4S/c1-3-13-28(14-4-1)41-44-42(29-23-24-33-35-25-22-27-12-7-8-17-31(27)40(35)48-38(33)26-29)46-43(45-41)36-20-11-19-34-32-18-9-10-21-37(32)47(39(34)36)30-15-5-2-6-16-30/h1-10,12-19,21-26H,11,20H2. The fourth-order valence-electron chi connectivity index (χ4n) is 7.31. The molecule has 3 heterocycles. The highest BCUT2D eigenvalue weighted by molar-refractivity contribution is 7.26. The van der Waals surface area contributed by atoms with Crippen molar-refractivity contribution in [1.82, 2.24) is 19.5 Å². The van der Waals surface area contributed by atoms with Crippen LogP contribution in [0.1, 0.15) is 18.7 Å². The first-order valence-corrected chi connectivity index (χ1v) is 17.2. The lowest BCUT2D eigenvalue weighted by Crippen LogP contribution is -2.34. The number of benzene rings is 6. The third kappa shape index (κ3) is 4.25. The van der Waals surface area contributed by atoms with Crippen LogP contribution >= 0.6 is 11.3 Å².